The molecule has 0 radical (unpaired) electrons. The number of carbonyl (C=O) groups excluding carboxylic acids is 2. The van der Waals surface area contributed by atoms with Crippen molar-refractivity contribution in [2.45, 2.75) is 19.9 Å². The summed E-state index contributed by atoms with van der Waals surface area (Å²) in [6.45, 7) is 6.60. The van der Waals surface area contributed by atoms with E-state index in [0.29, 0.717) is 28.9 Å². The molecule has 0 aliphatic carbocycles. The van der Waals surface area contributed by atoms with Crippen LogP contribution in [0.2, 0.25) is 0 Å². The molecule has 1 heterocycles. The van der Waals surface area contributed by atoms with Gasteiger partial charge in [0.2, 0.25) is 0 Å². The second-order valence-electron chi connectivity index (χ2n) is 7.46. The number of halogens is 1. The van der Waals surface area contributed by atoms with Crippen LogP contribution in [-0.4, -0.2) is 65.0 Å². The van der Waals surface area contributed by atoms with Crippen LogP contribution in [0.5, 0.6) is 11.5 Å². The Morgan fingerprint density at radius 2 is 1.88 bits per heavy atom. The number of amides is 1. The number of phenolic OH excluding ortho intramolecular Hbond substituents is 1. The van der Waals surface area contributed by atoms with Crippen LogP contribution in [0.25, 0.3) is 5.76 Å². The van der Waals surface area contributed by atoms with Gasteiger partial charge in [0.15, 0.2) is 0 Å². The van der Waals surface area contributed by atoms with E-state index in [2.05, 4.69) is 20.8 Å². The standard InChI is InChI=1S/C24H27BrN2O5/c1-4-26(5-2)11-12-27-21(15-7-6-8-17(13-15)32-3)20(23(30)24(27)31)22(29)18-14-16(25)9-10-19(18)28/h6-10,13-14,21,28-29H,4-5,11-12H2,1-3H3/b22-20+. The molecule has 1 aliphatic heterocycles. The highest BCUT2D eigenvalue weighted by Crippen LogP contribution is 2.41. The summed E-state index contributed by atoms with van der Waals surface area (Å²) in [6.07, 6.45) is 0. The summed E-state index contributed by atoms with van der Waals surface area (Å²) in [6, 6.07) is 10.8. The maximum absolute atomic E-state index is 13.1. The molecule has 2 aromatic rings. The number of aliphatic hydroxyl groups excluding tert-OH is 1. The first-order valence-corrected chi connectivity index (χ1v) is 11.2. The number of nitrogens with zero attached hydrogens (tertiary/aromatic N) is 2. The van der Waals surface area contributed by atoms with Crippen molar-refractivity contribution < 1.29 is 24.5 Å². The third kappa shape index (κ3) is 4.66. The molecule has 1 saturated heterocycles. The average molecular weight is 503 g/mol. The molecule has 3 rings (SSSR count). The number of likely N-dealkylation sites (tertiary alicyclic amines) is 1. The molecule has 1 aliphatic rings. The molecule has 0 bridgehead atoms. The van der Waals surface area contributed by atoms with Crippen LogP contribution in [0.4, 0.5) is 0 Å². The second-order valence-corrected chi connectivity index (χ2v) is 8.37. The van der Waals surface area contributed by atoms with Gasteiger partial charge in [-0.25, -0.2) is 0 Å². The van der Waals surface area contributed by atoms with Crippen molar-refractivity contribution in [1.82, 2.24) is 9.80 Å². The molecule has 170 valence electrons. The number of rotatable bonds is 8. The number of phenols is 1. The molecule has 1 fully saturated rings. The van der Waals surface area contributed by atoms with Crippen molar-refractivity contribution in [3.05, 3.63) is 63.6 Å². The van der Waals surface area contributed by atoms with Crippen molar-refractivity contribution in [2.75, 3.05) is 33.3 Å². The Labute approximate surface area is 196 Å². The third-order valence-corrected chi connectivity index (χ3v) is 6.21. The molecule has 8 heteroatoms. The van der Waals surface area contributed by atoms with Crippen LogP contribution in [0, 0.1) is 0 Å². The van der Waals surface area contributed by atoms with E-state index in [1.54, 1.807) is 30.3 Å². The number of hydrogen-bond donors (Lipinski definition) is 2. The molecule has 1 unspecified atom stereocenters. The molecular weight excluding hydrogens is 476 g/mol. The monoisotopic (exact) mass is 502 g/mol. The van der Waals surface area contributed by atoms with Gasteiger partial charge in [-0.1, -0.05) is 41.9 Å². The van der Waals surface area contributed by atoms with E-state index in [9.17, 15) is 19.8 Å². The highest BCUT2D eigenvalue weighted by atomic mass is 79.9. The second kappa shape index (κ2) is 10.2. The smallest absolute Gasteiger partial charge is 0.295 e. The van der Waals surface area contributed by atoms with Gasteiger partial charge in [0.05, 0.1) is 24.3 Å². The van der Waals surface area contributed by atoms with Crippen molar-refractivity contribution in [3.8, 4) is 11.5 Å². The minimum absolute atomic E-state index is 0.0591. The van der Waals surface area contributed by atoms with Gasteiger partial charge in [-0.05, 0) is 49.0 Å². The van der Waals surface area contributed by atoms with Gasteiger partial charge in [0, 0.05) is 17.6 Å². The summed E-state index contributed by atoms with van der Waals surface area (Å²) >= 11 is 3.32. The fourth-order valence-corrected chi connectivity index (χ4v) is 4.26. The van der Waals surface area contributed by atoms with Gasteiger partial charge in [0.25, 0.3) is 11.7 Å². The number of ketones is 1. The van der Waals surface area contributed by atoms with Gasteiger partial charge < -0.3 is 24.7 Å². The zero-order valence-corrected chi connectivity index (χ0v) is 19.9. The number of carbonyl (C=O) groups is 2. The van der Waals surface area contributed by atoms with Crippen LogP contribution >= 0.6 is 15.9 Å². The molecule has 32 heavy (non-hydrogen) atoms. The molecule has 0 saturated carbocycles. The lowest BCUT2D eigenvalue weighted by Crippen LogP contribution is -2.38. The quantitative estimate of drug-likeness (QED) is 0.323. The summed E-state index contributed by atoms with van der Waals surface area (Å²) < 4.78 is 5.95. The van der Waals surface area contributed by atoms with E-state index < -0.39 is 23.5 Å². The van der Waals surface area contributed by atoms with Gasteiger partial charge in [-0.3, -0.25) is 9.59 Å². The fourth-order valence-electron chi connectivity index (χ4n) is 3.90. The van der Waals surface area contributed by atoms with E-state index >= 15 is 0 Å². The largest absolute Gasteiger partial charge is 0.507 e. The zero-order valence-electron chi connectivity index (χ0n) is 18.3. The molecular formula is C24H27BrN2O5. The van der Waals surface area contributed by atoms with E-state index in [0.717, 1.165) is 13.1 Å². The summed E-state index contributed by atoms with van der Waals surface area (Å²) in [5, 5.41) is 21.4. The van der Waals surface area contributed by atoms with Crippen molar-refractivity contribution in [3.63, 3.8) is 0 Å². The Kier molecular flexibility index (Phi) is 7.58. The van der Waals surface area contributed by atoms with Gasteiger partial charge in [-0.2, -0.15) is 0 Å². The fraction of sp³-hybridized carbons (Fsp3) is 0.333. The minimum Gasteiger partial charge on any atom is -0.507 e. The third-order valence-electron chi connectivity index (χ3n) is 5.71. The number of methoxy groups -OCH3 is 1. The van der Waals surface area contributed by atoms with Crippen molar-refractivity contribution in [1.29, 1.82) is 0 Å². The van der Waals surface area contributed by atoms with Crippen molar-refractivity contribution in [2.24, 2.45) is 0 Å². The van der Waals surface area contributed by atoms with Gasteiger partial charge in [0.1, 0.15) is 17.3 Å². The summed E-state index contributed by atoms with van der Waals surface area (Å²) in [7, 11) is 1.54. The topological polar surface area (TPSA) is 90.3 Å². The summed E-state index contributed by atoms with van der Waals surface area (Å²) in [5.41, 5.74) is 0.657. The lowest BCUT2D eigenvalue weighted by Gasteiger charge is -2.28. The Hall–Kier alpha value is -2.84. The Morgan fingerprint density at radius 1 is 1.16 bits per heavy atom. The number of likely N-dealkylation sites (N-methyl/N-ethyl adjacent to an activating group) is 1. The zero-order chi connectivity index (χ0) is 23.4. The highest BCUT2D eigenvalue weighted by molar-refractivity contribution is 9.10. The Morgan fingerprint density at radius 3 is 2.53 bits per heavy atom. The number of Topliss-reactive ketones (excluding diaryl/α,β-unsaturated/α-hetero) is 1. The molecule has 7 nitrogen and oxygen atoms in total. The number of aliphatic hydroxyl groups is 1. The first-order chi connectivity index (χ1) is 15.3. The first kappa shape index (κ1) is 23.8. The minimum atomic E-state index is -0.806. The van der Waals surface area contributed by atoms with Crippen LogP contribution in [0.3, 0.4) is 0 Å². The van der Waals surface area contributed by atoms with Crippen molar-refractivity contribution >= 4 is 33.4 Å². The lowest BCUT2D eigenvalue weighted by molar-refractivity contribution is -0.140. The SMILES string of the molecule is CCN(CC)CCN1C(=O)C(=O)/C(=C(/O)c2cc(Br)ccc2O)C1c1cccc(OC)c1. The van der Waals surface area contributed by atoms with Gasteiger partial charge >= 0.3 is 0 Å². The number of benzene rings is 2. The molecule has 2 N–H and O–H groups in total. The number of hydrogen-bond acceptors (Lipinski definition) is 6. The van der Waals surface area contributed by atoms with Crippen LogP contribution in [0.15, 0.2) is 52.5 Å². The maximum Gasteiger partial charge on any atom is 0.295 e. The molecule has 1 amide bonds. The van der Waals surface area contributed by atoms with Crippen LogP contribution < -0.4 is 4.74 Å². The molecule has 0 aromatic heterocycles. The van der Waals surface area contributed by atoms with E-state index in [4.69, 9.17) is 4.74 Å². The summed E-state index contributed by atoms with van der Waals surface area (Å²) in [4.78, 5) is 29.8. The van der Waals surface area contributed by atoms with Gasteiger partial charge in [-0.15, -0.1) is 0 Å². The maximum atomic E-state index is 13.1. The molecule has 0 spiro atoms. The number of aromatic hydroxyl groups is 1. The molecule has 2 aromatic carbocycles. The van der Waals surface area contributed by atoms with Crippen LogP contribution in [0.1, 0.15) is 31.0 Å². The predicted molar refractivity (Wildman–Crippen MR) is 126 cm³/mol. The van der Waals surface area contributed by atoms with E-state index in [-0.39, 0.29) is 16.9 Å². The van der Waals surface area contributed by atoms with E-state index in [1.165, 1.54) is 24.1 Å². The number of ether oxygens (including phenoxy) is 1. The average Bonchev–Trinajstić information content (AvgIpc) is 3.05. The lowest BCUT2D eigenvalue weighted by atomic mass is 9.95. The predicted octanol–water partition coefficient (Wildman–Crippen LogP) is 3.93. The first-order valence-electron chi connectivity index (χ1n) is 10.5. The van der Waals surface area contributed by atoms with Crippen LogP contribution in [-0.2, 0) is 9.59 Å². The van der Waals surface area contributed by atoms with E-state index in [1.807, 2.05) is 13.8 Å². The molecule has 1 atom stereocenters. The normalized spacial score (nSPS) is 17.9. The summed E-state index contributed by atoms with van der Waals surface area (Å²) in [5.74, 6) is -1.50. The Balaban J connectivity index is 2.16. The Bertz CT molecular complexity index is 1050. The highest BCUT2D eigenvalue weighted by Gasteiger charge is 2.46.